The fraction of sp³-hybridized carbons (Fsp3) is 0.263. The van der Waals surface area contributed by atoms with Crippen LogP contribution >= 0.6 is 0 Å². The lowest BCUT2D eigenvalue weighted by Gasteiger charge is -2.16. The molecule has 0 fully saturated rings. The summed E-state index contributed by atoms with van der Waals surface area (Å²) in [6.45, 7) is 7.10. The lowest BCUT2D eigenvalue weighted by molar-refractivity contribution is 0.291. The maximum Gasteiger partial charge on any atom is 0.128 e. The molecule has 0 unspecified atom stereocenters. The summed E-state index contributed by atoms with van der Waals surface area (Å²) in [7, 11) is 0. The summed E-state index contributed by atoms with van der Waals surface area (Å²) in [6.07, 6.45) is 0. The third-order valence-electron chi connectivity index (χ3n) is 3.81. The Morgan fingerprint density at radius 3 is 2.48 bits per heavy atom. The number of para-hydroxylation sites is 2. The van der Waals surface area contributed by atoms with Crippen LogP contribution in [-0.4, -0.2) is 4.57 Å². The largest absolute Gasteiger partial charge is 0.487 e. The van der Waals surface area contributed by atoms with Crippen molar-refractivity contribution in [3.63, 3.8) is 0 Å². The third-order valence-corrected chi connectivity index (χ3v) is 3.81. The van der Waals surface area contributed by atoms with E-state index in [1.54, 1.807) is 0 Å². The molecule has 0 aliphatic carbocycles. The van der Waals surface area contributed by atoms with Gasteiger partial charge in [-0.2, -0.15) is 0 Å². The Kier molecular flexibility index (Phi) is 3.70. The molecule has 0 radical (unpaired) electrons. The summed E-state index contributed by atoms with van der Waals surface area (Å²) in [5, 5.41) is 1.27. The fourth-order valence-corrected chi connectivity index (χ4v) is 2.82. The van der Waals surface area contributed by atoms with Crippen molar-refractivity contribution in [2.24, 2.45) is 0 Å². The number of ether oxygens (including phenoxy) is 1. The van der Waals surface area contributed by atoms with Crippen LogP contribution in [0.5, 0.6) is 5.75 Å². The van der Waals surface area contributed by atoms with Crippen molar-refractivity contribution < 1.29 is 4.74 Å². The first-order chi connectivity index (χ1) is 10.2. The van der Waals surface area contributed by atoms with Crippen molar-refractivity contribution in [3.8, 4) is 5.75 Å². The van der Waals surface area contributed by atoms with Crippen molar-refractivity contribution in [1.29, 1.82) is 0 Å². The van der Waals surface area contributed by atoms with Crippen molar-refractivity contribution in [2.45, 2.75) is 33.4 Å². The maximum atomic E-state index is 6.02. The molecular formula is C19H21NO. The highest BCUT2D eigenvalue weighted by molar-refractivity contribution is 5.81. The predicted molar refractivity (Wildman–Crippen MR) is 87.8 cm³/mol. The molecule has 0 N–H and O–H groups in total. The third kappa shape index (κ3) is 2.66. The molecule has 3 rings (SSSR count). The number of hydrogen-bond donors (Lipinski definition) is 0. The summed E-state index contributed by atoms with van der Waals surface area (Å²) >= 11 is 0. The molecule has 0 saturated carbocycles. The van der Waals surface area contributed by atoms with Gasteiger partial charge in [0.25, 0.3) is 0 Å². The molecule has 0 aliphatic rings. The molecule has 1 aromatic heterocycles. The average molecular weight is 279 g/mol. The number of aryl methyl sites for hydroxylation is 1. The van der Waals surface area contributed by atoms with Gasteiger partial charge in [0.2, 0.25) is 0 Å². The van der Waals surface area contributed by atoms with Crippen LogP contribution in [0.15, 0.2) is 54.6 Å². The molecule has 2 heteroatoms. The molecular weight excluding hydrogens is 258 g/mol. The maximum absolute atomic E-state index is 6.02. The molecule has 2 nitrogen and oxygen atoms in total. The second kappa shape index (κ2) is 5.65. The second-order valence-electron chi connectivity index (χ2n) is 5.71. The van der Waals surface area contributed by atoms with Gasteiger partial charge in [0.15, 0.2) is 0 Å². The van der Waals surface area contributed by atoms with E-state index in [-0.39, 0.29) is 0 Å². The highest BCUT2D eigenvalue weighted by Crippen LogP contribution is 2.25. The number of rotatable bonds is 4. The molecule has 0 aliphatic heterocycles. The Morgan fingerprint density at radius 1 is 1.00 bits per heavy atom. The normalized spacial score (nSPS) is 11.2. The first kappa shape index (κ1) is 13.7. The van der Waals surface area contributed by atoms with Gasteiger partial charge in [0.1, 0.15) is 12.4 Å². The zero-order valence-electron chi connectivity index (χ0n) is 12.8. The van der Waals surface area contributed by atoms with Crippen molar-refractivity contribution in [3.05, 3.63) is 65.9 Å². The van der Waals surface area contributed by atoms with E-state index in [1.165, 1.54) is 22.2 Å². The molecule has 1 heterocycles. The Morgan fingerprint density at radius 2 is 1.71 bits per heavy atom. The molecule has 0 atom stereocenters. The summed E-state index contributed by atoms with van der Waals surface area (Å²) in [5.74, 6) is 0.957. The van der Waals surface area contributed by atoms with Gasteiger partial charge in [0, 0.05) is 11.6 Å². The van der Waals surface area contributed by atoms with Crippen LogP contribution in [0.25, 0.3) is 10.9 Å². The van der Waals surface area contributed by atoms with E-state index in [1.807, 2.05) is 18.2 Å². The molecule has 0 amide bonds. The van der Waals surface area contributed by atoms with Crippen LogP contribution in [0.2, 0.25) is 0 Å². The number of fused-ring (bicyclic) bond motifs is 1. The summed E-state index contributed by atoms with van der Waals surface area (Å²) in [4.78, 5) is 0. The highest BCUT2D eigenvalue weighted by atomic mass is 16.5. The minimum atomic E-state index is 0.417. The van der Waals surface area contributed by atoms with Crippen LogP contribution in [0, 0.1) is 6.92 Å². The summed E-state index contributed by atoms with van der Waals surface area (Å²) in [6, 6.07) is 19.3. The van der Waals surface area contributed by atoms with Gasteiger partial charge in [-0.1, -0.05) is 36.4 Å². The van der Waals surface area contributed by atoms with Crippen molar-refractivity contribution in [2.75, 3.05) is 0 Å². The van der Waals surface area contributed by atoms with E-state index in [0.29, 0.717) is 12.6 Å². The quantitative estimate of drug-likeness (QED) is 0.647. The second-order valence-corrected chi connectivity index (χ2v) is 5.71. The van der Waals surface area contributed by atoms with Crippen molar-refractivity contribution >= 4 is 10.9 Å². The Bertz CT molecular complexity index is 755. The smallest absolute Gasteiger partial charge is 0.128 e. The number of aromatic nitrogens is 1. The number of benzene rings is 2. The first-order valence-corrected chi connectivity index (χ1v) is 7.44. The molecule has 108 valence electrons. The molecule has 0 spiro atoms. The summed E-state index contributed by atoms with van der Waals surface area (Å²) < 4.78 is 8.38. The average Bonchev–Trinajstić information content (AvgIpc) is 2.85. The van der Waals surface area contributed by atoms with Gasteiger partial charge in [-0.25, -0.2) is 0 Å². The lowest BCUT2D eigenvalue weighted by Crippen LogP contribution is -2.08. The zero-order chi connectivity index (χ0) is 14.8. The van der Waals surface area contributed by atoms with E-state index in [4.69, 9.17) is 4.74 Å². The van der Waals surface area contributed by atoms with Crippen molar-refractivity contribution in [1.82, 2.24) is 4.57 Å². The minimum Gasteiger partial charge on any atom is -0.487 e. The molecule has 21 heavy (non-hydrogen) atoms. The molecule has 3 aromatic rings. The van der Waals surface area contributed by atoms with E-state index >= 15 is 0 Å². The summed E-state index contributed by atoms with van der Waals surface area (Å²) in [5.41, 5.74) is 3.66. The van der Waals surface area contributed by atoms with Crippen LogP contribution in [-0.2, 0) is 6.61 Å². The number of nitrogens with zero attached hydrogens (tertiary/aromatic N) is 1. The Hall–Kier alpha value is -2.22. The van der Waals surface area contributed by atoms with E-state index in [0.717, 1.165) is 5.75 Å². The predicted octanol–water partition coefficient (Wildman–Crippen LogP) is 5.11. The lowest BCUT2D eigenvalue weighted by atomic mass is 10.2. The van der Waals surface area contributed by atoms with Gasteiger partial charge in [-0.3, -0.25) is 0 Å². The standard InChI is InChI=1S/C19H21NO/c1-14(2)20-17(12-16-9-5-6-10-18(16)20)13-21-19-11-7-4-8-15(19)3/h4-12,14H,13H2,1-3H3. The van der Waals surface area contributed by atoms with E-state index in [2.05, 4.69) is 61.7 Å². The van der Waals surface area contributed by atoms with E-state index in [9.17, 15) is 0 Å². The number of hydrogen-bond acceptors (Lipinski definition) is 1. The first-order valence-electron chi connectivity index (χ1n) is 7.44. The van der Waals surface area contributed by atoms with Crippen LogP contribution in [0.4, 0.5) is 0 Å². The van der Waals surface area contributed by atoms with Gasteiger partial charge in [-0.05, 0) is 49.9 Å². The van der Waals surface area contributed by atoms with Gasteiger partial charge in [-0.15, -0.1) is 0 Å². The molecule has 0 bridgehead atoms. The van der Waals surface area contributed by atoms with Gasteiger partial charge in [0.05, 0.1) is 5.69 Å². The van der Waals surface area contributed by atoms with E-state index < -0.39 is 0 Å². The fourth-order valence-electron chi connectivity index (χ4n) is 2.82. The Balaban J connectivity index is 1.93. The van der Waals surface area contributed by atoms with Crippen LogP contribution < -0.4 is 4.74 Å². The van der Waals surface area contributed by atoms with Gasteiger partial charge >= 0.3 is 0 Å². The highest BCUT2D eigenvalue weighted by Gasteiger charge is 2.11. The topological polar surface area (TPSA) is 14.2 Å². The molecule has 2 aromatic carbocycles. The monoisotopic (exact) mass is 279 g/mol. The SMILES string of the molecule is Cc1ccccc1OCc1cc2ccccc2n1C(C)C. The van der Waals surface area contributed by atoms with Crippen LogP contribution in [0.1, 0.15) is 31.1 Å². The minimum absolute atomic E-state index is 0.417. The zero-order valence-corrected chi connectivity index (χ0v) is 12.8. The molecule has 0 saturated heterocycles. The van der Waals surface area contributed by atoms with Crippen LogP contribution in [0.3, 0.4) is 0 Å². The Labute approximate surface area is 126 Å². The van der Waals surface area contributed by atoms with Gasteiger partial charge < -0.3 is 9.30 Å².